The van der Waals surface area contributed by atoms with Crippen LogP contribution in [-0.4, -0.2) is 23.8 Å². The first-order chi connectivity index (χ1) is 7.45. The second-order valence-corrected chi connectivity index (χ2v) is 6.56. The fourth-order valence-corrected chi connectivity index (χ4v) is 3.77. The average molecular weight is 477 g/mol. The minimum Gasteiger partial charge on any atom is -0.317 e. The monoisotopic (exact) mass is 473 g/mol. The van der Waals surface area contributed by atoms with Gasteiger partial charge < -0.3 is 5.01 Å². The van der Waals surface area contributed by atoms with Gasteiger partial charge in [-0.25, -0.2) is 9.66 Å². The van der Waals surface area contributed by atoms with E-state index in [1.54, 1.807) is 6.33 Å². The standard InChI is InChI=1S/C9H7Br4N3/c1-15(2)16-3-14-8-6(12)4(10)5(11)7(13)9(8)16/h3H,1-2H3. The largest absolute Gasteiger partial charge is 0.317 e. The van der Waals surface area contributed by atoms with Gasteiger partial charge in [0, 0.05) is 23.0 Å². The Hall–Kier alpha value is 0.410. The minimum atomic E-state index is 0.913. The van der Waals surface area contributed by atoms with Crippen molar-refractivity contribution in [1.82, 2.24) is 9.66 Å². The fourth-order valence-electron chi connectivity index (χ4n) is 1.41. The maximum atomic E-state index is 4.40. The van der Waals surface area contributed by atoms with Crippen molar-refractivity contribution in [2.75, 3.05) is 19.1 Å². The minimum absolute atomic E-state index is 0.913. The lowest BCUT2D eigenvalue weighted by atomic mass is 10.3. The lowest BCUT2D eigenvalue weighted by Gasteiger charge is -2.16. The van der Waals surface area contributed by atoms with E-state index in [4.69, 9.17) is 0 Å². The molecule has 0 amide bonds. The van der Waals surface area contributed by atoms with Crippen LogP contribution in [-0.2, 0) is 0 Å². The molecule has 0 N–H and O–H groups in total. The summed E-state index contributed by atoms with van der Waals surface area (Å²) in [4.78, 5) is 4.40. The summed E-state index contributed by atoms with van der Waals surface area (Å²) in [5.41, 5.74) is 1.93. The summed E-state index contributed by atoms with van der Waals surface area (Å²) in [5.74, 6) is 0. The number of hydrogen-bond donors (Lipinski definition) is 0. The molecular weight excluding hydrogens is 470 g/mol. The van der Waals surface area contributed by atoms with E-state index in [0.29, 0.717) is 0 Å². The number of halogens is 4. The van der Waals surface area contributed by atoms with E-state index in [1.165, 1.54) is 0 Å². The summed E-state index contributed by atoms with van der Waals surface area (Å²) >= 11 is 14.2. The van der Waals surface area contributed by atoms with Crippen LogP contribution in [0.4, 0.5) is 0 Å². The van der Waals surface area contributed by atoms with Gasteiger partial charge in [-0.3, -0.25) is 0 Å². The Labute approximate surface area is 127 Å². The van der Waals surface area contributed by atoms with Gasteiger partial charge in [0.2, 0.25) is 0 Å². The Kier molecular flexibility index (Phi) is 3.69. The lowest BCUT2D eigenvalue weighted by molar-refractivity contribution is 0.752. The Morgan fingerprint density at radius 3 is 2.12 bits per heavy atom. The van der Waals surface area contributed by atoms with Crippen LogP contribution in [0.2, 0.25) is 0 Å². The van der Waals surface area contributed by atoms with Gasteiger partial charge in [-0.05, 0) is 63.7 Å². The molecule has 16 heavy (non-hydrogen) atoms. The highest BCUT2D eigenvalue weighted by molar-refractivity contribution is 9.15. The zero-order valence-electron chi connectivity index (χ0n) is 8.43. The fraction of sp³-hybridized carbons (Fsp3) is 0.222. The molecule has 0 radical (unpaired) electrons. The van der Waals surface area contributed by atoms with Crippen molar-refractivity contribution in [3.05, 3.63) is 24.2 Å². The summed E-state index contributed by atoms with van der Waals surface area (Å²) in [6.07, 6.45) is 1.79. The van der Waals surface area contributed by atoms with Crippen LogP contribution < -0.4 is 5.01 Å². The molecule has 2 rings (SSSR count). The van der Waals surface area contributed by atoms with Crippen LogP contribution >= 0.6 is 63.7 Å². The number of fused-ring (bicyclic) bond motifs is 1. The van der Waals surface area contributed by atoms with Gasteiger partial charge in [-0.15, -0.1) is 0 Å². The summed E-state index contributed by atoms with van der Waals surface area (Å²) in [7, 11) is 3.94. The second kappa shape index (κ2) is 4.59. The Balaban J connectivity index is 2.94. The Morgan fingerprint density at radius 2 is 1.56 bits per heavy atom. The maximum absolute atomic E-state index is 4.40. The average Bonchev–Trinajstić information content (AvgIpc) is 2.67. The number of nitrogens with zero attached hydrogens (tertiary/aromatic N) is 3. The van der Waals surface area contributed by atoms with Gasteiger partial charge in [0.05, 0.1) is 8.95 Å². The maximum Gasteiger partial charge on any atom is 0.116 e. The molecule has 2 aromatic rings. The third-order valence-corrected chi connectivity index (χ3v) is 6.90. The van der Waals surface area contributed by atoms with Crippen LogP contribution in [0.1, 0.15) is 0 Å². The molecule has 0 aliphatic carbocycles. The summed E-state index contributed by atoms with van der Waals surface area (Å²) < 4.78 is 5.81. The molecule has 0 aliphatic heterocycles. The van der Waals surface area contributed by atoms with Crippen molar-refractivity contribution in [2.24, 2.45) is 0 Å². The summed E-state index contributed by atoms with van der Waals surface area (Å²) in [6, 6.07) is 0. The van der Waals surface area contributed by atoms with Crippen LogP contribution in [0.25, 0.3) is 11.0 Å². The van der Waals surface area contributed by atoms with E-state index in [1.807, 2.05) is 23.8 Å². The zero-order valence-corrected chi connectivity index (χ0v) is 14.8. The summed E-state index contributed by atoms with van der Waals surface area (Å²) in [6.45, 7) is 0. The van der Waals surface area contributed by atoms with Crippen LogP contribution in [0.5, 0.6) is 0 Å². The Morgan fingerprint density at radius 1 is 1.00 bits per heavy atom. The molecule has 0 unspecified atom stereocenters. The molecule has 1 heterocycles. The first-order valence-electron chi connectivity index (χ1n) is 4.31. The van der Waals surface area contributed by atoms with Crippen LogP contribution in [0.15, 0.2) is 24.2 Å². The number of benzene rings is 1. The quantitative estimate of drug-likeness (QED) is 0.452. The molecule has 0 bridgehead atoms. The highest BCUT2D eigenvalue weighted by Crippen LogP contribution is 2.42. The SMILES string of the molecule is CN(C)n1cnc2c(Br)c(Br)c(Br)c(Br)c21. The van der Waals surface area contributed by atoms with E-state index < -0.39 is 0 Å². The molecule has 86 valence electrons. The van der Waals surface area contributed by atoms with Gasteiger partial charge >= 0.3 is 0 Å². The van der Waals surface area contributed by atoms with Crippen molar-refractivity contribution >= 4 is 74.8 Å². The molecule has 0 atom stereocenters. The molecule has 3 nitrogen and oxygen atoms in total. The zero-order chi connectivity index (χ0) is 12.0. The number of hydrogen-bond acceptors (Lipinski definition) is 2. The predicted octanol–water partition coefficient (Wildman–Crippen LogP) is 4.28. The molecule has 1 aromatic heterocycles. The van der Waals surface area contributed by atoms with Crippen molar-refractivity contribution in [3.8, 4) is 0 Å². The normalized spacial score (nSPS) is 11.1. The van der Waals surface area contributed by atoms with Gasteiger partial charge in [0.15, 0.2) is 0 Å². The molecule has 0 saturated carbocycles. The van der Waals surface area contributed by atoms with E-state index in [-0.39, 0.29) is 0 Å². The number of rotatable bonds is 1. The third kappa shape index (κ3) is 1.85. The van der Waals surface area contributed by atoms with E-state index in [9.17, 15) is 0 Å². The van der Waals surface area contributed by atoms with Crippen LogP contribution in [0, 0.1) is 0 Å². The predicted molar refractivity (Wildman–Crippen MR) is 80.6 cm³/mol. The highest BCUT2D eigenvalue weighted by Gasteiger charge is 2.18. The second-order valence-electron chi connectivity index (χ2n) is 3.39. The molecule has 0 spiro atoms. The Bertz CT molecular complexity index is 562. The summed E-state index contributed by atoms with van der Waals surface area (Å²) in [5, 5.41) is 1.97. The number of aromatic nitrogens is 2. The first kappa shape index (κ1) is 12.9. The van der Waals surface area contributed by atoms with Crippen molar-refractivity contribution in [3.63, 3.8) is 0 Å². The molecule has 1 aromatic carbocycles. The van der Waals surface area contributed by atoms with Crippen molar-refractivity contribution < 1.29 is 0 Å². The van der Waals surface area contributed by atoms with Crippen LogP contribution in [0.3, 0.4) is 0 Å². The highest BCUT2D eigenvalue weighted by atomic mass is 79.9. The van der Waals surface area contributed by atoms with Gasteiger partial charge in [-0.2, -0.15) is 0 Å². The molecule has 0 aliphatic rings. The smallest absolute Gasteiger partial charge is 0.116 e. The van der Waals surface area contributed by atoms with Crippen molar-refractivity contribution in [2.45, 2.75) is 0 Å². The first-order valence-corrected chi connectivity index (χ1v) is 7.49. The molecular formula is C9H7Br4N3. The molecule has 7 heteroatoms. The van der Waals surface area contributed by atoms with Gasteiger partial charge in [0.25, 0.3) is 0 Å². The lowest BCUT2D eigenvalue weighted by Crippen LogP contribution is -2.23. The van der Waals surface area contributed by atoms with Gasteiger partial charge in [0.1, 0.15) is 17.4 Å². The topological polar surface area (TPSA) is 21.1 Å². The molecule has 0 fully saturated rings. The molecule has 0 saturated heterocycles. The van der Waals surface area contributed by atoms with E-state index in [2.05, 4.69) is 68.7 Å². The van der Waals surface area contributed by atoms with E-state index in [0.717, 1.165) is 28.9 Å². The number of imidazole rings is 1. The third-order valence-electron chi connectivity index (χ3n) is 2.17. The van der Waals surface area contributed by atoms with E-state index >= 15 is 0 Å². The van der Waals surface area contributed by atoms with Crippen molar-refractivity contribution in [1.29, 1.82) is 0 Å². The van der Waals surface area contributed by atoms with Gasteiger partial charge in [-0.1, -0.05) is 0 Å².